The summed E-state index contributed by atoms with van der Waals surface area (Å²) in [7, 11) is 0. The van der Waals surface area contributed by atoms with E-state index in [4.69, 9.17) is 5.73 Å². The summed E-state index contributed by atoms with van der Waals surface area (Å²) in [6.07, 6.45) is 3.61. The fourth-order valence-corrected chi connectivity index (χ4v) is 2.04. The number of aryl methyl sites for hydroxylation is 2. The summed E-state index contributed by atoms with van der Waals surface area (Å²) in [6.45, 7) is 7.38. The molecule has 0 heterocycles. The molecule has 0 radical (unpaired) electrons. The second kappa shape index (κ2) is 5.92. The summed E-state index contributed by atoms with van der Waals surface area (Å²) >= 11 is 0. The summed E-state index contributed by atoms with van der Waals surface area (Å²) in [5.41, 5.74) is 10.0. The van der Waals surface area contributed by atoms with E-state index in [1.165, 1.54) is 29.5 Å². The fourth-order valence-electron chi connectivity index (χ4n) is 2.04. The molecule has 0 fully saturated rings. The lowest BCUT2D eigenvalue weighted by Gasteiger charge is -2.15. The zero-order chi connectivity index (χ0) is 11.3. The van der Waals surface area contributed by atoms with Gasteiger partial charge in [0.2, 0.25) is 0 Å². The van der Waals surface area contributed by atoms with Gasteiger partial charge in [0, 0.05) is 0 Å². The zero-order valence-corrected chi connectivity index (χ0v) is 10.2. The van der Waals surface area contributed by atoms with Gasteiger partial charge in [-0.05, 0) is 50.3 Å². The van der Waals surface area contributed by atoms with Crippen LogP contribution < -0.4 is 5.73 Å². The first-order valence-corrected chi connectivity index (χ1v) is 5.93. The van der Waals surface area contributed by atoms with Gasteiger partial charge in [0.15, 0.2) is 0 Å². The largest absolute Gasteiger partial charge is 0.330 e. The standard InChI is InChI=1S/C14H23N/c1-4-5-13(10-15)9-14-8-11(2)6-7-12(14)3/h6-8,13H,4-5,9-10,15H2,1-3H3. The summed E-state index contributed by atoms with van der Waals surface area (Å²) in [5.74, 6) is 0.649. The fraction of sp³-hybridized carbons (Fsp3) is 0.571. The lowest BCUT2D eigenvalue weighted by atomic mass is 9.92. The topological polar surface area (TPSA) is 26.0 Å². The van der Waals surface area contributed by atoms with Crippen LogP contribution in [0.4, 0.5) is 0 Å². The van der Waals surface area contributed by atoms with E-state index in [1.54, 1.807) is 0 Å². The van der Waals surface area contributed by atoms with E-state index in [9.17, 15) is 0 Å². The molecular formula is C14H23N. The van der Waals surface area contributed by atoms with Crippen molar-refractivity contribution in [3.8, 4) is 0 Å². The Morgan fingerprint density at radius 2 is 2.00 bits per heavy atom. The van der Waals surface area contributed by atoms with Crippen LogP contribution in [0.1, 0.15) is 36.5 Å². The average molecular weight is 205 g/mol. The first-order chi connectivity index (χ1) is 7.17. The van der Waals surface area contributed by atoms with Crippen molar-refractivity contribution < 1.29 is 0 Å². The van der Waals surface area contributed by atoms with Crippen LogP contribution >= 0.6 is 0 Å². The quantitative estimate of drug-likeness (QED) is 0.784. The Hall–Kier alpha value is -0.820. The molecule has 0 aliphatic rings. The van der Waals surface area contributed by atoms with Gasteiger partial charge in [0.25, 0.3) is 0 Å². The molecule has 1 aromatic carbocycles. The van der Waals surface area contributed by atoms with E-state index in [-0.39, 0.29) is 0 Å². The summed E-state index contributed by atoms with van der Waals surface area (Å²) in [4.78, 5) is 0. The van der Waals surface area contributed by atoms with Gasteiger partial charge in [-0.15, -0.1) is 0 Å². The van der Waals surface area contributed by atoms with E-state index in [0.717, 1.165) is 13.0 Å². The monoisotopic (exact) mass is 205 g/mol. The predicted molar refractivity (Wildman–Crippen MR) is 67.1 cm³/mol. The predicted octanol–water partition coefficient (Wildman–Crippen LogP) is 3.22. The van der Waals surface area contributed by atoms with Crippen LogP contribution in [-0.2, 0) is 6.42 Å². The molecule has 0 aromatic heterocycles. The minimum absolute atomic E-state index is 0.649. The van der Waals surface area contributed by atoms with E-state index >= 15 is 0 Å². The minimum Gasteiger partial charge on any atom is -0.330 e. The minimum atomic E-state index is 0.649. The highest BCUT2D eigenvalue weighted by molar-refractivity contribution is 5.30. The Morgan fingerprint density at radius 1 is 1.27 bits per heavy atom. The second-order valence-corrected chi connectivity index (χ2v) is 4.52. The molecule has 1 rings (SSSR count). The molecule has 1 atom stereocenters. The van der Waals surface area contributed by atoms with Crippen LogP contribution in [0.25, 0.3) is 0 Å². The van der Waals surface area contributed by atoms with Gasteiger partial charge in [-0.2, -0.15) is 0 Å². The van der Waals surface area contributed by atoms with E-state index < -0.39 is 0 Å². The SMILES string of the molecule is CCCC(CN)Cc1cc(C)ccc1C. The normalized spacial score (nSPS) is 12.8. The van der Waals surface area contributed by atoms with Crippen LogP contribution in [-0.4, -0.2) is 6.54 Å². The lowest BCUT2D eigenvalue weighted by molar-refractivity contribution is 0.486. The van der Waals surface area contributed by atoms with E-state index in [2.05, 4.69) is 39.0 Å². The van der Waals surface area contributed by atoms with E-state index in [1.807, 2.05) is 0 Å². The van der Waals surface area contributed by atoms with Crippen molar-refractivity contribution in [2.24, 2.45) is 11.7 Å². The third-order valence-corrected chi connectivity index (χ3v) is 3.04. The maximum Gasteiger partial charge on any atom is -0.00457 e. The molecule has 1 aromatic rings. The van der Waals surface area contributed by atoms with Crippen molar-refractivity contribution in [2.45, 2.75) is 40.0 Å². The highest BCUT2D eigenvalue weighted by Gasteiger charge is 2.08. The molecule has 0 spiro atoms. The molecule has 0 amide bonds. The van der Waals surface area contributed by atoms with Crippen LogP contribution in [0, 0.1) is 19.8 Å². The number of hydrogen-bond acceptors (Lipinski definition) is 1. The molecule has 1 nitrogen and oxygen atoms in total. The van der Waals surface area contributed by atoms with Crippen molar-refractivity contribution in [3.05, 3.63) is 34.9 Å². The number of rotatable bonds is 5. The molecule has 0 bridgehead atoms. The molecule has 0 saturated carbocycles. The summed E-state index contributed by atoms with van der Waals surface area (Å²) in [6, 6.07) is 6.69. The van der Waals surface area contributed by atoms with Gasteiger partial charge in [-0.1, -0.05) is 37.1 Å². The molecule has 1 heteroatoms. The van der Waals surface area contributed by atoms with Crippen molar-refractivity contribution in [3.63, 3.8) is 0 Å². The van der Waals surface area contributed by atoms with Gasteiger partial charge >= 0.3 is 0 Å². The van der Waals surface area contributed by atoms with Crippen molar-refractivity contribution in [1.29, 1.82) is 0 Å². The summed E-state index contributed by atoms with van der Waals surface area (Å²) in [5, 5.41) is 0. The maximum absolute atomic E-state index is 5.79. The highest BCUT2D eigenvalue weighted by atomic mass is 14.5. The molecule has 0 aliphatic carbocycles. The highest BCUT2D eigenvalue weighted by Crippen LogP contribution is 2.17. The van der Waals surface area contributed by atoms with Gasteiger partial charge in [-0.25, -0.2) is 0 Å². The van der Waals surface area contributed by atoms with Gasteiger partial charge in [0.05, 0.1) is 0 Å². The van der Waals surface area contributed by atoms with Crippen LogP contribution in [0.2, 0.25) is 0 Å². The third kappa shape index (κ3) is 3.67. The smallest absolute Gasteiger partial charge is 0.00457 e. The zero-order valence-electron chi connectivity index (χ0n) is 10.2. The molecular weight excluding hydrogens is 182 g/mol. The number of benzene rings is 1. The molecule has 15 heavy (non-hydrogen) atoms. The van der Waals surface area contributed by atoms with E-state index in [0.29, 0.717) is 5.92 Å². The molecule has 0 aliphatic heterocycles. The Labute approximate surface area is 93.7 Å². The molecule has 1 unspecified atom stereocenters. The molecule has 84 valence electrons. The number of hydrogen-bond donors (Lipinski definition) is 1. The molecule has 2 N–H and O–H groups in total. The Bertz CT molecular complexity index is 304. The third-order valence-electron chi connectivity index (χ3n) is 3.04. The first-order valence-electron chi connectivity index (χ1n) is 5.93. The Kier molecular flexibility index (Phi) is 4.83. The van der Waals surface area contributed by atoms with Gasteiger partial charge in [-0.3, -0.25) is 0 Å². The maximum atomic E-state index is 5.79. The Balaban J connectivity index is 2.73. The van der Waals surface area contributed by atoms with Crippen molar-refractivity contribution in [2.75, 3.05) is 6.54 Å². The van der Waals surface area contributed by atoms with Crippen LogP contribution in [0.3, 0.4) is 0 Å². The van der Waals surface area contributed by atoms with Gasteiger partial charge < -0.3 is 5.73 Å². The Morgan fingerprint density at radius 3 is 2.60 bits per heavy atom. The molecule has 0 saturated heterocycles. The lowest BCUT2D eigenvalue weighted by Crippen LogP contribution is -2.17. The van der Waals surface area contributed by atoms with Crippen LogP contribution in [0.15, 0.2) is 18.2 Å². The first kappa shape index (κ1) is 12.3. The van der Waals surface area contributed by atoms with Gasteiger partial charge in [0.1, 0.15) is 0 Å². The van der Waals surface area contributed by atoms with Crippen molar-refractivity contribution in [1.82, 2.24) is 0 Å². The average Bonchev–Trinajstić information content (AvgIpc) is 2.22. The number of nitrogens with two attached hydrogens (primary N) is 1. The van der Waals surface area contributed by atoms with Crippen molar-refractivity contribution >= 4 is 0 Å². The summed E-state index contributed by atoms with van der Waals surface area (Å²) < 4.78 is 0. The second-order valence-electron chi connectivity index (χ2n) is 4.52. The van der Waals surface area contributed by atoms with Crippen LogP contribution in [0.5, 0.6) is 0 Å².